The Morgan fingerprint density at radius 1 is 1.10 bits per heavy atom. The van der Waals surface area contributed by atoms with E-state index < -0.39 is 16.1 Å². The normalized spacial score (nSPS) is 16.8. The second-order valence-electron chi connectivity index (χ2n) is 6.88. The molecule has 1 aliphatic heterocycles. The summed E-state index contributed by atoms with van der Waals surface area (Å²) in [6.07, 6.45) is 0. The van der Waals surface area contributed by atoms with E-state index in [1.54, 1.807) is 43.3 Å². The fourth-order valence-electron chi connectivity index (χ4n) is 3.31. The number of sulfonamides is 1. The fraction of sp³-hybridized carbons (Fsp3) is 0.350. The molecule has 162 valence electrons. The van der Waals surface area contributed by atoms with Gasteiger partial charge in [-0.1, -0.05) is 35.3 Å². The van der Waals surface area contributed by atoms with Crippen molar-refractivity contribution in [1.82, 2.24) is 9.21 Å². The van der Waals surface area contributed by atoms with Crippen LogP contribution in [0.3, 0.4) is 0 Å². The number of nitrogens with one attached hydrogen (secondary N) is 1. The van der Waals surface area contributed by atoms with E-state index in [2.05, 4.69) is 5.32 Å². The molecule has 30 heavy (non-hydrogen) atoms. The van der Waals surface area contributed by atoms with Crippen LogP contribution in [0.1, 0.15) is 6.92 Å². The molecule has 0 saturated carbocycles. The lowest BCUT2D eigenvalue weighted by molar-refractivity contribution is -0.121. The largest absolute Gasteiger partial charge is 0.495 e. The standard InChI is InChI=1S/C20H23Cl2N3O4S/c1-14(20(26)23-17-13-15(21)7-8-18(17)29-2)24-9-11-25(12-10-24)30(27,28)19-6-4-3-5-16(19)22/h3-8,13-14H,9-12H2,1-2H3,(H,23,26). The molecule has 1 saturated heterocycles. The predicted molar refractivity (Wildman–Crippen MR) is 118 cm³/mol. The van der Waals surface area contributed by atoms with Crippen molar-refractivity contribution in [3.05, 3.63) is 52.5 Å². The number of carbonyl (C=O) groups is 1. The lowest BCUT2D eigenvalue weighted by Gasteiger charge is -2.36. The number of rotatable bonds is 6. The third-order valence-electron chi connectivity index (χ3n) is 5.07. The van der Waals surface area contributed by atoms with Crippen LogP contribution < -0.4 is 10.1 Å². The fourth-order valence-corrected chi connectivity index (χ4v) is 5.39. The Hall–Kier alpha value is -1.84. The van der Waals surface area contributed by atoms with E-state index in [1.165, 1.54) is 17.5 Å². The van der Waals surface area contributed by atoms with Gasteiger partial charge in [-0.2, -0.15) is 4.31 Å². The van der Waals surface area contributed by atoms with Gasteiger partial charge in [-0.15, -0.1) is 0 Å². The van der Waals surface area contributed by atoms with Crippen LogP contribution in [0.15, 0.2) is 47.4 Å². The summed E-state index contributed by atoms with van der Waals surface area (Å²) in [5.74, 6) is 0.286. The molecule has 2 aromatic carbocycles. The maximum absolute atomic E-state index is 12.9. The zero-order valence-electron chi connectivity index (χ0n) is 16.6. The van der Waals surface area contributed by atoms with Crippen molar-refractivity contribution in [3.63, 3.8) is 0 Å². The second kappa shape index (κ2) is 9.53. The number of methoxy groups -OCH3 is 1. The zero-order chi connectivity index (χ0) is 21.9. The van der Waals surface area contributed by atoms with Gasteiger partial charge < -0.3 is 10.1 Å². The number of nitrogens with zero attached hydrogens (tertiary/aromatic N) is 2. The Kier molecular flexibility index (Phi) is 7.26. The molecular formula is C20H23Cl2N3O4S. The Labute approximate surface area is 186 Å². The number of carbonyl (C=O) groups excluding carboxylic acids is 1. The van der Waals surface area contributed by atoms with Crippen LogP contribution in [0.4, 0.5) is 5.69 Å². The SMILES string of the molecule is COc1ccc(Cl)cc1NC(=O)C(C)N1CCN(S(=O)(=O)c2ccccc2Cl)CC1. The first kappa shape index (κ1) is 22.8. The van der Waals surface area contributed by atoms with Crippen LogP contribution in [0.5, 0.6) is 5.75 Å². The number of hydrogen-bond acceptors (Lipinski definition) is 5. The molecule has 1 amide bonds. The zero-order valence-corrected chi connectivity index (χ0v) is 19.0. The van der Waals surface area contributed by atoms with Gasteiger partial charge in [0.25, 0.3) is 0 Å². The lowest BCUT2D eigenvalue weighted by atomic mass is 10.2. The molecule has 7 nitrogen and oxygen atoms in total. The van der Waals surface area contributed by atoms with Crippen molar-refractivity contribution in [1.29, 1.82) is 0 Å². The predicted octanol–water partition coefficient (Wildman–Crippen LogP) is 3.34. The molecule has 10 heteroatoms. The average molecular weight is 472 g/mol. The molecule has 0 aliphatic carbocycles. The average Bonchev–Trinajstić information content (AvgIpc) is 2.73. The van der Waals surface area contributed by atoms with Crippen molar-refractivity contribution in [2.75, 3.05) is 38.6 Å². The van der Waals surface area contributed by atoms with Crippen LogP contribution in [-0.4, -0.2) is 62.9 Å². The maximum Gasteiger partial charge on any atom is 0.244 e. The molecule has 1 heterocycles. The highest BCUT2D eigenvalue weighted by atomic mass is 35.5. The summed E-state index contributed by atoms with van der Waals surface area (Å²) in [6, 6.07) is 10.9. The van der Waals surface area contributed by atoms with Crippen molar-refractivity contribution in [2.24, 2.45) is 0 Å². The van der Waals surface area contributed by atoms with Gasteiger partial charge >= 0.3 is 0 Å². The summed E-state index contributed by atoms with van der Waals surface area (Å²) >= 11 is 12.1. The smallest absolute Gasteiger partial charge is 0.244 e. The summed E-state index contributed by atoms with van der Waals surface area (Å²) in [6.45, 7) is 3.16. The van der Waals surface area contributed by atoms with E-state index in [-0.39, 0.29) is 28.9 Å². The van der Waals surface area contributed by atoms with Gasteiger partial charge in [0.1, 0.15) is 10.6 Å². The van der Waals surface area contributed by atoms with Crippen LogP contribution in [-0.2, 0) is 14.8 Å². The first-order valence-corrected chi connectivity index (χ1v) is 11.6. The Bertz CT molecular complexity index is 1020. The van der Waals surface area contributed by atoms with E-state index in [0.29, 0.717) is 29.5 Å². The highest BCUT2D eigenvalue weighted by molar-refractivity contribution is 7.89. The molecule has 1 unspecified atom stereocenters. The first-order valence-electron chi connectivity index (χ1n) is 9.37. The third-order valence-corrected chi connectivity index (χ3v) is 7.71. The van der Waals surface area contributed by atoms with E-state index in [4.69, 9.17) is 27.9 Å². The van der Waals surface area contributed by atoms with Gasteiger partial charge in [-0.3, -0.25) is 9.69 Å². The van der Waals surface area contributed by atoms with Crippen LogP contribution in [0.2, 0.25) is 10.0 Å². The molecule has 2 aromatic rings. The van der Waals surface area contributed by atoms with Crippen molar-refractivity contribution < 1.29 is 17.9 Å². The molecular weight excluding hydrogens is 449 g/mol. The van der Waals surface area contributed by atoms with E-state index in [0.717, 1.165) is 0 Å². The molecule has 1 N–H and O–H groups in total. The number of ether oxygens (including phenoxy) is 1. The maximum atomic E-state index is 12.9. The second-order valence-corrected chi connectivity index (χ2v) is 9.63. The number of piperazine rings is 1. The van der Waals surface area contributed by atoms with Gasteiger partial charge in [-0.05, 0) is 37.3 Å². The van der Waals surface area contributed by atoms with Crippen molar-refractivity contribution in [2.45, 2.75) is 17.9 Å². The molecule has 3 rings (SSSR count). The van der Waals surface area contributed by atoms with Crippen LogP contribution in [0.25, 0.3) is 0 Å². The highest BCUT2D eigenvalue weighted by Crippen LogP contribution is 2.28. The van der Waals surface area contributed by atoms with Crippen LogP contribution >= 0.6 is 23.2 Å². The monoisotopic (exact) mass is 471 g/mol. The van der Waals surface area contributed by atoms with Gasteiger partial charge in [0.05, 0.1) is 23.9 Å². The Morgan fingerprint density at radius 3 is 2.40 bits per heavy atom. The Balaban J connectivity index is 1.64. The number of amides is 1. The summed E-state index contributed by atoms with van der Waals surface area (Å²) < 4.78 is 32.4. The minimum Gasteiger partial charge on any atom is -0.495 e. The van der Waals surface area contributed by atoms with E-state index >= 15 is 0 Å². The summed E-state index contributed by atoms with van der Waals surface area (Å²) in [7, 11) is -2.17. The summed E-state index contributed by atoms with van der Waals surface area (Å²) in [5.41, 5.74) is 0.488. The van der Waals surface area contributed by atoms with Gasteiger partial charge in [-0.25, -0.2) is 8.42 Å². The molecule has 0 aromatic heterocycles. The summed E-state index contributed by atoms with van der Waals surface area (Å²) in [4.78, 5) is 14.8. The third kappa shape index (κ3) is 4.90. The van der Waals surface area contributed by atoms with Crippen molar-refractivity contribution >= 4 is 44.8 Å². The van der Waals surface area contributed by atoms with E-state index in [9.17, 15) is 13.2 Å². The first-order chi connectivity index (χ1) is 14.2. The number of anilines is 1. The molecule has 1 fully saturated rings. The number of hydrogen-bond donors (Lipinski definition) is 1. The molecule has 0 radical (unpaired) electrons. The topological polar surface area (TPSA) is 79.0 Å². The van der Waals surface area contributed by atoms with Gasteiger partial charge in [0.2, 0.25) is 15.9 Å². The van der Waals surface area contributed by atoms with E-state index in [1.807, 2.05) is 4.90 Å². The van der Waals surface area contributed by atoms with Crippen LogP contribution in [0, 0.1) is 0 Å². The molecule has 1 atom stereocenters. The minimum atomic E-state index is -3.68. The molecule has 1 aliphatic rings. The van der Waals surface area contributed by atoms with Crippen molar-refractivity contribution in [3.8, 4) is 5.75 Å². The summed E-state index contributed by atoms with van der Waals surface area (Å²) in [5, 5.41) is 3.52. The molecule has 0 bridgehead atoms. The van der Waals surface area contributed by atoms with Gasteiger partial charge in [0.15, 0.2) is 0 Å². The number of halogens is 2. The molecule has 0 spiro atoms. The minimum absolute atomic E-state index is 0.0963. The number of benzene rings is 2. The Morgan fingerprint density at radius 2 is 1.77 bits per heavy atom. The lowest BCUT2D eigenvalue weighted by Crippen LogP contribution is -2.53. The van der Waals surface area contributed by atoms with Gasteiger partial charge in [0, 0.05) is 31.2 Å². The highest BCUT2D eigenvalue weighted by Gasteiger charge is 2.32. The quantitative estimate of drug-likeness (QED) is 0.698.